The van der Waals surface area contributed by atoms with Gasteiger partial charge in [0.15, 0.2) is 0 Å². The standard InChI is InChI=1S/C15H24N2O/c1-2-9-17(12-15-8-3-4-10-18-15)14-7-5-6-13(16)11-14/h5-7,11,15H,2-4,8-10,12,16H2,1H3. The summed E-state index contributed by atoms with van der Waals surface area (Å²) in [6.07, 6.45) is 5.21. The van der Waals surface area contributed by atoms with Gasteiger partial charge in [0.2, 0.25) is 0 Å². The molecular weight excluding hydrogens is 224 g/mol. The zero-order valence-corrected chi connectivity index (χ0v) is 11.3. The molecule has 0 radical (unpaired) electrons. The first kappa shape index (κ1) is 13.2. The van der Waals surface area contributed by atoms with Crippen LogP contribution in [0.15, 0.2) is 24.3 Å². The van der Waals surface area contributed by atoms with Crippen LogP contribution in [0.1, 0.15) is 32.6 Å². The van der Waals surface area contributed by atoms with E-state index in [-0.39, 0.29) is 0 Å². The maximum atomic E-state index is 5.87. The first-order valence-corrected chi connectivity index (χ1v) is 7.01. The Morgan fingerprint density at radius 3 is 2.94 bits per heavy atom. The Morgan fingerprint density at radius 1 is 1.39 bits per heavy atom. The van der Waals surface area contributed by atoms with E-state index in [0.717, 1.165) is 31.8 Å². The molecule has 3 heteroatoms. The smallest absolute Gasteiger partial charge is 0.0749 e. The number of rotatable bonds is 5. The fourth-order valence-electron chi connectivity index (χ4n) is 2.51. The molecule has 0 spiro atoms. The van der Waals surface area contributed by atoms with Gasteiger partial charge < -0.3 is 15.4 Å². The lowest BCUT2D eigenvalue weighted by Crippen LogP contribution is -2.36. The molecule has 1 aromatic rings. The molecule has 0 aliphatic carbocycles. The van der Waals surface area contributed by atoms with Gasteiger partial charge >= 0.3 is 0 Å². The third-order valence-electron chi connectivity index (χ3n) is 3.43. The SMILES string of the molecule is CCCN(CC1CCCCO1)c1cccc(N)c1. The minimum absolute atomic E-state index is 0.381. The zero-order chi connectivity index (χ0) is 12.8. The van der Waals surface area contributed by atoms with Crippen molar-refractivity contribution in [3.05, 3.63) is 24.3 Å². The molecule has 2 rings (SSSR count). The van der Waals surface area contributed by atoms with E-state index in [1.165, 1.54) is 24.9 Å². The van der Waals surface area contributed by atoms with Crippen molar-refractivity contribution in [3.8, 4) is 0 Å². The summed E-state index contributed by atoms with van der Waals surface area (Å²) in [4.78, 5) is 2.40. The van der Waals surface area contributed by atoms with Crippen molar-refractivity contribution in [1.29, 1.82) is 0 Å². The third kappa shape index (κ3) is 3.64. The van der Waals surface area contributed by atoms with Crippen LogP contribution in [-0.4, -0.2) is 25.8 Å². The highest BCUT2D eigenvalue weighted by Crippen LogP contribution is 2.21. The van der Waals surface area contributed by atoms with Gasteiger partial charge in [0.05, 0.1) is 6.10 Å². The highest BCUT2D eigenvalue weighted by atomic mass is 16.5. The molecule has 1 aliphatic heterocycles. The topological polar surface area (TPSA) is 38.5 Å². The van der Waals surface area contributed by atoms with Crippen molar-refractivity contribution in [2.75, 3.05) is 30.3 Å². The van der Waals surface area contributed by atoms with Gasteiger partial charge in [-0.3, -0.25) is 0 Å². The summed E-state index contributed by atoms with van der Waals surface area (Å²) in [6, 6.07) is 8.15. The minimum Gasteiger partial charge on any atom is -0.399 e. The quantitative estimate of drug-likeness (QED) is 0.814. The van der Waals surface area contributed by atoms with Crippen molar-refractivity contribution < 1.29 is 4.74 Å². The van der Waals surface area contributed by atoms with E-state index < -0.39 is 0 Å². The first-order chi connectivity index (χ1) is 8.79. The lowest BCUT2D eigenvalue weighted by molar-refractivity contribution is 0.0210. The molecule has 2 N–H and O–H groups in total. The zero-order valence-electron chi connectivity index (χ0n) is 11.3. The minimum atomic E-state index is 0.381. The van der Waals surface area contributed by atoms with E-state index >= 15 is 0 Å². The number of hydrogen-bond donors (Lipinski definition) is 1. The fraction of sp³-hybridized carbons (Fsp3) is 0.600. The largest absolute Gasteiger partial charge is 0.399 e. The number of ether oxygens (including phenoxy) is 1. The summed E-state index contributed by atoms with van der Waals surface area (Å²) in [5, 5.41) is 0. The number of benzene rings is 1. The van der Waals surface area contributed by atoms with Crippen molar-refractivity contribution in [3.63, 3.8) is 0 Å². The summed E-state index contributed by atoms with van der Waals surface area (Å²) in [5.74, 6) is 0. The van der Waals surface area contributed by atoms with E-state index in [9.17, 15) is 0 Å². The summed E-state index contributed by atoms with van der Waals surface area (Å²) in [6.45, 7) is 5.17. The predicted octanol–water partition coefficient (Wildman–Crippen LogP) is 3.05. The maximum Gasteiger partial charge on any atom is 0.0749 e. The van der Waals surface area contributed by atoms with Crippen molar-refractivity contribution in [2.45, 2.75) is 38.7 Å². The molecule has 3 nitrogen and oxygen atoms in total. The van der Waals surface area contributed by atoms with Gasteiger partial charge in [-0.2, -0.15) is 0 Å². The van der Waals surface area contributed by atoms with Gasteiger partial charge in [0.1, 0.15) is 0 Å². The van der Waals surface area contributed by atoms with Crippen LogP contribution in [0.5, 0.6) is 0 Å². The summed E-state index contributed by atoms with van der Waals surface area (Å²) < 4.78 is 5.83. The highest BCUT2D eigenvalue weighted by molar-refractivity contribution is 5.55. The van der Waals surface area contributed by atoms with E-state index in [2.05, 4.69) is 24.0 Å². The first-order valence-electron chi connectivity index (χ1n) is 7.01. The molecule has 0 aromatic heterocycles. The summed E-state index contributed by atoms with van der Waals surface area (Å²) in [5.41, 5.74) is 7.91. The molecule has 100 valence electrons. The molecule has 1 aromatic carbocycles. The molecule has 1 fully saturated rings. The fourth-order valence-corrected chi connectivity index (χ4v) is 2.51. The van der Waals surface area contributed by atoms with Crippen LogP contribution >= 0.6 is 0 Å². The normalized spacial score (nSPS) is 19.7. The Hall–Kier alpha value is -1.22. The van der Waals surface area contributed by atoms with Crippen LogP contribution in [0.4, 0.5) is 11.4 Å². The van der Waals surface area contributed by atoms with Gasteiger partial charge in [-0.1, -0.05) is 13.0 Å². The Bertz CT molecular complexity index is 361. The van der Waals surface area contributed by atoms with Gasteiger partial charge in [0.25, 0.3) is 0 Å². The highest BCUT2D eigenvalue weighted by Gasteiger charge is 2.17. The molecule has 0 bridgehead atoms. The predicted molar refractivity (Wildman–Crippen MR) is 76.9 cm³/mol. The van der Waals surface area contributed by atoms with Crippen LogP contribution in [0.2, 0.25) is 0 Å². The Balaban J connectivity index is 2.02. The van der Waals surface area contributed by atoms with Crippen LogP contribution in [0.25, 0.3) is 0 Å². The summed E-state index contributed by atoms with van der Waals surface area (Å²) in [7, 11) is 0. The van der Waals surface area contributed by atoms with Crippen molar-refractivity contribution in [1.82, 2.24) is 0 Å². The number of hydrogen-bond acceptors (Lipinski definition) is 3. The van der Waals surface area contributed by atoms with Gasteiger partial charge in [-0.05, 0) is 43.9 Å². The second-order valence-corrected chi connectivity index (χ2v) is 5.03. The van der Waals surface area contributed by atoms with Gasteiger partial charge in [0, 0.05) is 31.1 Å². The molecule has 18 heavy (non-hydrogen) atoms. The molecule has 0 saturated carbocycles. The molecule has 1 unspecified atom stereocenters. The van der Waals surface area contributed by atoms with E-state index in [1.807, 2.05) is 12.1 Å². The molecule has 0 amide bonds. The number of nitrogens with zero attached hydrogens (tertiary/aromatic N) is 1. The average Bonchev–Trinajstić information content (AvgIpc) is 2.39. The molecule has 1 heterocycles. The number of anilines is 2. The third-order valence-corrected chi connectivity index (χ3v) is 3.43. The van der Waals surface area contributed by atoms with Crippen LogP contribution in [-0.2, 0) is 4.74 Å². The average molecular weight is 248 g/mol. The lowest BCUT2D eigenvalue weighted by atomic mass is 10.1. The summed E-state index contributed by atoms with van der Waals surface area (Å²) >= 11 is 0. The van der Waals surface area contributed by atoms with E-state index in [4.69, 9.17) is 10.5 Å². The molecular formula is C15H24N2O. The Labute approximate surface area is 110 Å². The van der Waals surface area contributed by atoms with E-state index in [1.54, 1.807) is 0 Å². The number of nitrogens with two attached hydrogens (primary N) is 1. The second kappa shape index (κ2) is 6.64. The molecule has 1 saturated heterocycles. The Morgan fingerprint density at radius 2 is 2.28 bits per heavy atom. The Kier molecular flexibility index (Phi) is 4.88. The van der Waals surface area contributed by atoms with E-state index in [0.29, 0.717) is 6.10 Å². The van der Waals surface area contributed by atoms with Crippen LogP contribution in [0, 0.1) is 0 Å². The van der Waals surface area contributed by atoms with Gasteiger partial charge in [-0.25, -0.2) is 0 Å². The lowest BCUT2D eigenvalue weighted by Gasteiger charge is -2.31. The molecule has 1 atom stereocenters. The monoisotopic (exact) mass is 248 g/mol. The van der Waals surface area contributed by atoms with Crippen LogP contribution in [0.3, 0.4) is 0 Å². The second-order valence-electron chi connectivity index (χ2n) is 5.03. The van der Waals surface area contributed by atoms with Crippen LogP contribution < -0.4 is 10.6 Å². The van der Waals surface area contributed by atoms with Gasteiger partial charge in [-0.15, -0.1) is 0 Å². The number of nitrogen functional groups attached to an aromatic ring is 1. The van der Waals surface area contributed by atoms with Crippen molar-refractivity contribution in [2.24, 2.45) is 0 Å². The maximum absolute atomic E-state index is 5.87. The molecule has 1 aliphatic rings. The van der Waals surface area contributed by atoms with Crippen molar-refractivity contribution >= 4 is 11.4 Å².